The van der Waals surface area contributed by atoms with E-state index in [-0.39, 0.29) is 0 Å². The predicted molar refractivity (Wildman–Crippen MR) is 128 cm³/mol. The Bertz CT molecular complexity index is 1180. The maximum absolute atomic E-state index is 5.95. The third-order valence-corrected chi connectivity index (χ3v) is 6.06. The maximum atomic E-state index is 5.95. The lowest BCUT2D eigenvalue weighted by atomic mass is 10.1. The van der Waals surface area contributed by atoms with Crippen molar-refractivity contribution in [3.05, 3.63) is 72.2 Å². The summed E-state index contributed by atoms with van der Waals surface area (Å²) in [7, 11) is 1.66. The van der Waals surface area contributed by atoms with Crippen LogP contribution in [0, 0.1) is 0 Å². The molecule has 1 aliphatic heterocycles. The van der Waals surface area contributed by atoms with Crippen molar-refractivity contribution in [2.75, 3.05) is 33.4 Å². The molecule has 7 nitrogen and oxygen atoms in total. The number of rotatable bonds is 8. The van der Waals surface area contributed by atoms with Crippen molar-refractivity contribution in [3.8, 4) is 22.9 Å². The highest BCUT2D eigenvalue weighted by Crippen LogP contribution is 2.22. The smallest absolute Gasteiger partial charge is 0.163 e. The van der Waals surface area contributed by atoms with Crippen LogP contribution in [0.3, 0.4) is 0 Å². The summed E-state index contributed by atoms with van der Waals surface area (Å²) in [5, 5.41) is 4.73. The van der Waals surface area contributed by atoms with Crippen LogP contribution >= 0.6 is 0 Å². The average molecular weight is 444 g/mol. The Morgan fingerprint density at radius 3 is 2.39 bits per heavy atom. The number of nitrogens with zero attached hydrogens (tertiary/aromatic N) is 5. The molecule has 170 valence electrons. The first-order chi connectivity index (χ1) is 16.3. The van der Waals surface area contributed by atoms with Gasteiger partial charge in [0.05, 0.1) is 7.11 Å². The van der Waals surface area contributed by atoms with Crippen LogP contribution in [0.25, 0.3) is 17.0 Å². The summed E-state index contributed by atoms with van der Waals surface area (Å²) in [5.74, 6) is 3.23. The number of methoxy groups -OCH3 is 1. The molecular weight excluding hydrogens is 414 g/mol. The first kappa shape index (κ1) is 21.4. The van der Waals surface area contributed by atoms with Gasteiger partial charge in [0.25, 0.3) is 0 Å². The van der Waals surface area contributed by atoms with Crippen molar-refractivity contribution < 1.29 is 9.47 Å². The molecule has 0 spiro atoms. The minimum atomic E-state index is 0.651. The molecule has 0 amide bonds. The fourth-order valence-corrected chi connectivity index (χ4v) is 4.24. The van der Waals surface area contributed by atoms with Crippen molar-refractivity contribution >= 4 is 5.65 Å². The van der Waals surface area contributed by atoms with E-state index in [4.69, 9.17) is 19.6 Å². The Hall–Kier alpha value is -3.45. The third-order valence-electron chi connectivity index (χ3n) is 6.06. The van der Waals surface area contributed by atoms with E-state index in [2.05, 4.69) is 22.0 Å². The molecule has 5 rings (SSSR count). The summed E-state index contributed by atoms with van der Waals surface area (Å²) in [5.41, 5.74) is 2.89. The number of piperidine rings is 1. The summed E-state index contributed by atoms with van der Waals surface area (Å²) in [6.45, 7) is 4.12. The van der Waals surface area contributed by atoms with Gasteiger partial charge in [-0.05, 0) is 67.9 Å². The van der Waals surface area contributed by atoms with Crippen molar-refractivity contribution in [1.82, 2.24) is 24.5 Å². The quantitative estimate of drug-likeness (QED) is 0.406. The highest BCUT2D eigenvalue weighted by atomic mass is 16.5. The molecule has 3 heterocycles. The van der Waals surface area contributed by atoms with Crippen LogP contribution in [0.4, 0.5) is 0 Å². The average Bonchev–Trinajstić information content (AvgIpc) is 3.28. The van der Waals surface area contributed by atoms with Crippen LogP contribution in [-0.4, -0.2) is 57.8 Å². The Kier molecular flexibility index (Phi) is 6.48. The molecule has 0 saturated carbocycles. The Balaban J connectivity index is 1.24. The van der Waals surface area contributed by atoms with Crippen LogP contribution in [0.15, 0.2) is 60.8 Å². The first-order valence-electron chi connectivity index (χ1n) is 11.6. The van der Waals surface area contributed by atoms with E-state index in [9.17, 15) is 0 Å². The van der Waals surface area contributed by atoms with E-state index in [1.165, 1.54) is 32.4 Å². The molecule has 7 heteroatoms. The molecule has 1 aliphatic rings. The van der Waals surface area contributed by atoms with Crippen molar-refractivity contribution in [3.63, 3.8) is 0 Å². The van der Waals surface area contributed by atoms with E-state index in [0.29, 0.717) is 6.42 Å². The summed E-state index contributed by atoms with van der Waals surface area (Å²) < 4.78 is 13.0. The molecule has 0 aliphatic carbocycles. The zero-order valence-corrected chi connectivity index (χ0v) is 19.0. The molecule has 0 atom stereocenters. The summed E-state index contributed by atoms with van der Waals surface area (Å²) >= 11 is 0. The number of benzene rings is 2. The minimum Gasteiger partial charge on any atom is -0.497 e. The van der Waals surface area contributed by atoms with Gasteiger partial charge in [0.15, 0.2) is 17.3 Å². The second kappa shape index (κ2) is 10.0. The Labute approximate surface area is 194 Å². The number of ether oxygens (including phenoxy) is 2. The molecule has 0 unspecified atom stereocenters. The number of hydrogen-bond acceptors (Lipinski definition) is 6. The monoisotopic (exact) mass is 443 g/mol. The van der Waals surface area contributed by atoms with Gasteiger partial charge in [0.2, 0.25) is 0 Å². The highest BCUT2D eigenvalue weighted by Gasteiger charge is 2.12. The molecule has 4 aromatic rings. The van der Waals surface area contributed by atoms with Gasteiger partial charge < -0.3 is 9.47 Å². The van der Waals surface area contributed by atoms with Crippen molar-refractivity contribution in [2.24, 2.45) is 0 Å². The minimum absolute atomic E-state index is 0.651. The molecule has 0 bridgehead atoms. The fourth-order valence-electron chi connectivity index (χ4n) is 4.24. The Morgan fingerprint density at radius 1 is 0.879 bits per heavy atom. The normalized spacial score (nSPS) is 14.5. The third kappa shape index (κ3) is 5.14. The fraction of sp³-hybridized carbons (Fsp3) is 0.346. The van der Waals surface area contributed by atoms with Crippen LogP contribution in [0.2, 0.25) is 0 Å². The van der Waals surface area contributed by atoms with E-state index < -0.39 is 0 Å². The lowest BCUT2D eigenvalue weighted by molar-refractivity contribution is 0.183. The number of likely N-dealkylation sites (tertiary alicyclic amines) is 1. The molecule has 33 heavy (non-hydrogen) atoms. The first-order valence-corrected chi connectivity index (χ1v) is 11.6. The van der Waals surface area contributed by atoms with Gasteiger partial charge in [-0.1, -0.05) is 18.6 Å². The zero-order valence-electron chi connectivity index (χ0n) is 19.0. The second-order valence-corrected chi connectivity index (χ2v) is 8.37. The maximum Gasteiger partial charge on any atom is 0.163 e. The van der Waals surface area contributed by atoms with Crippen LogP contribution in [0.1, 0.15) is 30.7 Å². The topological polar surface area (TPSA) is 64.8 Å². The number of fused-ring (bicyclic) bond motifs is 1. The van der Waals surface area contributed by atoms with Gasteiger partial charge in [-0.2, -0.15) is 4.52 Å². The van der Waals surface area contributed by atoms with E-state index in [1.54, 1.807) is 17.8 Å². The van der Waals surface area contributed by atoms with Crippen molar-refractivity contribution in [2.45, 2.75) is 25.7 Å². The van der Waals surface area contributed by atoms with Gasteiger partial charge in [0.1, 0.15) is 18.1 Å². The number of aromatic nitrogens is 4. The highest BCUT2D eigenvalue weighted by molar-refractivity contribution is 5.59. The molecule has 2 aromatic heterocycles. The summed E-state index contributed by atoms with van der Waals surface area (Å²) in [6.07, 6.45) is 6.40. The van der Waals surface area contributed by atoms with E-state index in [0.717, 1.165) is 53.1 Å². The second-order valence-electron chi connectivity index (χ2n) is 8.37. The SMILES string of the molecule is COc1ccc(-c2nccc3nc(Cc4ccc(OCCN5CCCCC5)cc4)nn23)cc1. The summed E-state index contributed by atoms with van der Waals surface area (Å²) in [6, 6.07) is 17.9. The van der Waals surface area contributed by atoms with Gasteiger partial charge in [-0.15, -0.1) is 5.10 Å². The largest absolute Gasteiger partial charge is 0.497 e. The lowest BCUT2D eigenvalue weighted by Gasteiger charge is -2.26. The van der Waals surface area contributed by atoms with E-state index >= 15 is 0 Å². The van der Waals surface area contributed by atoms with Gasteiger partial charge in [-0.25, -0.2) is 9.97 Å². The van der Waals surface area contributed by atoms with Crippen LogP contribution in [-0.2, 0) is 6.42 Å². The molecular formula is C26H29N5O2. The zero-order chi connectivity index (χ0) is 22.5. The molecule has 0 radical (unpaired) electrons. The van der Waals surface area contributed by atoms with E-state index in [1.807, 2.05) is 42.5 Å². The predicted octanol–water partition coefficient (Wildman–Crippen LogP) is 4.26. The van der Waals surface area contributed by atoms with Gasteiger partial charge in [0, 0.05) is 30.8 Å². The van der Waals surface area contributed by atoms with Crippen LogP contribution < -0.4 is 9.47 Å². The standard InChI is InChI=1S/C26H29N5O2/c1-32-22-11-7-21(8-12-22)26-27-14-13-25-28-24(29-31(25)26)19-20-5-9-23(10-6-20)33-18-17-30-15-3-2-4-16-30/h5-14H,2-4,15-19H2,1H3. The molecule has 0 N–H and O–H groups in total. The molecule has 2 aromatic carbocycles. The van der Waals surface area contributed by atoms with Crippen LogP contribution in [0.5, 0.6) is 11.5 Å². The number of hydrogen-bond donors (Lipinski definition) is 0. The van der Waals surface area contributed by atoms with Gasteiger partial charge >= 0.3 is 0 Å². The molecule has 1 saturated heterocycles. The van der Waals surface area contributed by atoms with Gasteiger partial charge in [-0.3, -0.25) is 4.90 Å². The molecule has 1 fully saturated rings. The summed E-state index contributed by atoms with van der Waals surface area (Å²) in [4.78, 5) is 11.7. The lowest BCUT2D eigenvalue weighted by Crippen LogP contribution is -2.33. The Morgan fingerprint density at radius 2 is 1.64 bits per heavy atom. The van der Waals surface area contributed by atoms with Crippen molar-refractivity contribution in [1.29, 1.82) is 0 Å².